The standard InChI is InChI=1S/C23H22N2O4S/c1-12(2)14-7-6-8-15(13(3)4)19(14)25-22(27)16-9-10-17(21(26)24-11-30)20(29-5)18(16)23(25)28/h6-10,12-13H,1-5H3. The topological polar surface area (TPSA) is 76.0 Å². The number of isothiocyanates is 1. The fourth-order valence-corrected chi connectivity index (χ4v) is 3.84. The summed E-state index contributed by atoms with van der Waals surface area (Å²) in [6, 6.07) is 8.66. The average molecular weight is 423 g/mol. The molecule has 0 saturated carbocycles. The van der Waals surface area contributed by atoms with Crippen LogP contribution in [0.2, 0.25) is 0 Å². The van der Waals surface area contributed by atoms with E-state index in [1.54, 1.807) is 0 Å². The first-order chi connectivity index (χ1) is 14.2. The van der Waals surface area contributed by atoms with E-state index in [0.29, 0.717) is 5.69 Å². The van der Waals surface area contributed by atoms with E-state index in [4.69, 9.17) is 4.74 Å². The maximum absolute atomic E-state index is 13.5. The highest BCUT2D eigenvalue weighted by molar-refractivity contribution is 7.78. The quantitative estimate of drug-likeness (QED) is 0.386. The van der Waals surface area contributed by atoms with E-state index in [9.17, 15) is 14.4 Å². The third kappa shape index (κ3) is 3.36. The second-order valence-electron chi connectivity index (χ2n) is 7.62. The maximum atomic E-state index is 13.5. The van der Waals surface area contributed by atoms with Crippen LogP contribution in [0.25, 0.3) is 0 Å². The number of fused-ring (bicyclic) bond motifs is 1. The Morgan fingerprint density at radius 2 is 1.63 bits per heavy atom. The van der Waals surface area contributed by atoms with Crippen LogP contribution in [0.15, 0.2) is 35.3 Å². The van der Waals surface area contributed by atoms with Crippen molar-refractivity contribution in [3.8, 4) is 5.75 Å². The Bertz CT molecular complexity index is 1090. The number of rotatable bonds is 5. The van der Waals surface area contributed by atoms with Gasteiger partial charge in [-0.15, -0.1) is 0 Å². The molecule has 3 amide bonds. The number of hydrogen-bond donors (Lipinski definition) is 0. The highest BCUT2D eigenvalue weighted by Gasteiger charge is 2.42. The number of aliphatic imine (C=N–C) groups is 1. The van der Waals surface area contributed by atoms with E-state index in [1.165, 1.54) is 24.1 Å². The predicted octanol–water partition coefficient (Wildman–Crippen LogP) is 4.99. The molecule has 0 atom stereocenters. The van der Waals surface area contributed by atoms with Gasteiger partial charge in [0.1, 0.15) is 5.75 Å². The summed E-state index contributed by atoms with van der Waals surface area (Å²) >= 11 is 4.50. The van der Waals surface area contributed by atoms with E-state index in [-0.39, 0.29) is 34.3 Å². The number of imide groups is 1. The van der Waals surface area contributed by atoms with E-state index in [0.717, 1.165) is 11.1 Å². The van der Waals surface area contributed by atoms with E-state index < -0.39 is 17.7 Å². The minimum absolute atomic E-state index is 0.0143. The second kappa shape index (κ2) is 8.30. The van der Waals surface area contributed by atoms with Gasteiger partial charge in [0.05, 0.1) is 34.6 Å². The molecule has 154 valence electrons. The fraction of sp³-hybridized carbons (Fsp3) is 0.304. The van der Waals surface area contributed by atoms with Crippen LogP contribution in [0.3, 0.4) is 0 Å². The molecule has 1 aliphatic heterocycles. The summed E-state index contributed by atoms with van der Waals surface area (Å²) in [5.41, 5.74) is 2.69. The van der Waals surface area contributed by atoms with Crippen LogP contribution in [0.4, 0.5) is 5.69 Å². The van der Waals surface area contributed by atoms with Crippen molar-refractivity contribution >= 4 is 40.8 Å². The first-order valence-electron chi connectivity index (χ1n) is 9.59. The molecule has 3 rings (SSSR count). The van der Waals surface area contributed by atoms with Crippen molar-refractivity contribution in [2.24, 2.45) is 4.99 Å². The van der Waals surface area contributed by atoms with Crippen LogP contribution < -0.4 is 9.64 Å². The maximum Gasteiger partial charge on any atom is 0.289 e. The first kappa shape index (κ1) is 21.6. The molecule has 0 N–H and O–H groups in total. The number of benzene rings is 2. The third-order valence-electron chi connectivity index (χ3n) is 5.16. The molecule has 0 aromatic heterocycles. The van der Waals surface area contributed by atoms with Gasteiger partial charge in [-0.3, -0.25) is 14.4 Å². The monoisotopic (exact) mass is 422 g/mol. The van der Waals surface area contributed by atoms with Gasteiger partial charge in [-0.05, 0) is 47.3 Å². The molecule has 6 nitrogen and oxygen atoms in total. The largest absolute Gasteiger partial charge is 0.495 e. The number of ether oxygens (including phenoxy) is 1. The zero-order valence-corrected chi connectivity index (χ0v) is 18.3. The summed E-state index contributed by atoms with van der Waals surface area (Å²) in [7, 11) is 1.34. The lowest BCUT2D eigenvalue weighted by Gasteiger charge is -2.25. The van der Waals surface area contributed by atoms with Crippen LogP contribution in [0.5, 0.6) is 5.75 Å². The Hall–Kier alpha value is -3.15. The lowest BCUT2D eigenvalue weighted by Crippen LogP contribution is -2.32. The number of amides is 3. The SMILES string of the molecule is COc1c(C(=O)N=C=S)ccc2c1C(=O)N(c1c(C(C)C)cccc1C(C)C)C2=O. The van der Waals surface area contributed by atoms with Gasteiger partial charge in [-0.1, -0.05) is 45.9 Å². The smallest absolute Gasteiger partial charge is 0.289 e. The number of nitrogens with zero attached hydrogens (tertiary/aromatic N) is 2. The van der Waals surface area contributed by atoms with Crippen LogP contribution in [0, 0.1) is 0 Å². The molecule has 0 unspecified atom stereocenters. The summed E-state index contributed by atoms with van der Waals surface area (Å²) in [5, 5.41) is 2.02. The van der Waals surface area contributed by atoms with Crippen molar-refractivity contribution in [1.82, 2.24) is 0 Å². The number of thiocarbonyl (C=S) groups is 1. The number of methoxy groups -OCH3 is 1. The van der Waals surface area contributed by atoms with Crippen LogP contribution in [-0.4, -0.2) is 30.0 Å². The molecule has 2 aromatic rings. The normalized spacial score (nSPS) is 13.0. The Morgan fingerprint density at radius 3 is 2.13 bits per heavy atom. The highest BCUT2D eigenvalue weighted by atomic mass is 32.1. The van der Waals surface area contributed by atoms with Crippen molar-refractivity contribution in [3.05, 3.63) is 58.1 Å². The summed E-state index contributed by atoms with van der Waals surface area (Å²) < 4.78 is 5.37. The van der Waals surface area contributed by atoms with Gasteiger partial charge in [0.15, 0.2) is 0 Å². The molecule has 30 heavy (non-hydrogen) atoms. The zero-order valence-electron chi connectivity index (χ0n) is 17.5. The van der Waals surface area contributed by atoms with Gasteiger partial charge in [-0.25, -0.2) is 4.90 Å². The number of carbonyl (C=O) groups excluding carboxylic acids is 3. The third-order valence-corrected chi connectivity index (χ3v) is 5.25. The molecule has 1 heterocycles. The molecule has 1 aliphatic rings. The first-order valence-corrected chi connectivity index (χ1v) is 10.00. The van der Waals surface area contributed by atoms with Gasteiger partial charge >= 0.3 is 0 Å². The number of para-hydroxylation sites is 1. The molecule has 0 spiro atoms. The average Bonchev–Trinajstić information content (AvgIpc) is 2.96. The molecule has 7 heteroatoms. The highest BCUT2D eigenvalue weighted by Crippen LogP contribution is 2.42. The van der Waals surface area contributed by atoms with Gasteiger partial charge in [0.25, 0.3) is 17.7 Å². The summed E-state index contributed by atoms with van der Waals surface area (Å²) in [6.45, 7) is 8.06. The lowest BCUT2D eigenvalue weighted by molar-refractivity contribution is 0.0924. The van der Waals surface area contributed by atoms with Crippen LogP contribution >= 0.6 is 12.2 Å². The Balaban J connectivity index is 2.27. The molecular weight excluding hydrogens is 400 g/mol. The molecule has 0 bridgehead atoms. The van der Waals surface area contributed by atoms with Crippen molar-refractivity contribution in [1.29, 1.82) is 0 Å². The Kier molecular flexibility index (Phi) is 5.97. The second-order valence-corrected chi connectivity index (χ2v) is 7.80. The van der Waals surface area contributed by atoms with E-state index >= 15 is 0 Å². The predicted molar refractivity (Wildman–Crippen MR) is 118 cm³/mol. The van der Waals surface area contributed by atoms with Crippen LogP contribution in [0.1, 0.15) is 81.7 Å². The summed E-state index contributed by atoms with van der Waals surface area (Å²) in [5.74, 6) is -1.45. The van der Waals surface area contributed by atoms with E-state index in [1.807, 2.05) is 51.1 Å². The Labute approximate surface area is 180 Å². The molecular formula is C23H22N2O4S. The summed E-state index contributed by atoms with van der Waals surface area (Å²) in [6.07, 6.45) is 0. The van der Waals surface area contributed by atoms with E-state index in [2.05, 4.69) is 17.2 Å². The molecule has 0 radical (unpaired) electrons. The molecule has 0 aliphatic carbocycles. The number of anilines is 1. The van der Waals surface area contributed by atoms with Crippen molar-refractivity contribution in [2.45, 2.75) is 39.5 Å². The van der Waals surface area contributed by atoms with Gasteiger partial charge < -0.3 is 4.74 Å². The van der Waals surface area contributed by atoms with Crippen molar-refractivity contribution < 1.29 is 19.1 Å². The van der Waals surface area contributed by atoms with Crippen molar-refractivity contribution in [2.75, 3.05) is 12.0 Å². The van der Waals surface area contributed by atoms with Gasteiger partial charge in [0, 0.05) is 0 Å². The zero-order chi connectivity index (χ0) is 22.2. The number of hydrogen-bond acceptors (Lipinski definition) is 5. The van der Waals surface area contributed by atoms with Gasteiger partial charge in [-0.2, -0.15) is 4.99 Å². The molecule has 0 saturated heterocycles. The fourth-order valence-electron chi connectivity index (χ4n) is 3.75. The van der Waals surface area contributed by atoms with Gasteiger partial charge in [0.2, 0.25) is 0 Å². The minimum Gasteiger partial charge on any atom is -0.495 e. The number of carbonyl (C=O) groups is 3. The Morgan fingerprint density at radius 1 is 1.03 bits per heavy atom. The van der Waals surface area contributed by atoms with Crippen molar-refractivity contribution in [3.63, 3.8) is 0 Å². The summed E-state index contributed by atoms with van der Waals surface area (Å²) in [4.78, 5) is 43.8. The molecule has 0 fully saturated rings. The van der Waals surface area contributed by atoms with Crippen LogP contribution in [-0.2, 0) is 0 Å². The minimum atomic E-state index is -0.686. The molecule has 2 aromatic carbocycles. The lowest BCUT2D eigenvalue weighted by atomic mass is 9.92.